The van der Waals surface area contributed by atoms with Crippen molar-refractivity contribution in [2.75, 3.05) is 19.7 Å². The van der Waals surface area contributed by atoms with E-state index in [9.17, 15) is 14.7 Å². The Labute approximate surface area is 197 Å². The fraction of sp³-hybridized carbons (Fsp3) is 0.840. The fourth-order valence-electron chi connectivity index (χ4n) is 5.26. The van der Waals surface area contributed by atoms with Crippen molar-refractivity contribution in [1.82, 2.24) is 10.2 Å². The molecule has 0 bridgehead atoms. The number of nitrogens with one attached hydrogen (secondary N) is 1. The number of aliphatic hydroxyl groups excluding tert-OH is 2. The molecule has 2 aliphatic heterocycles. The van der Waals surface area contributed by atoms with E-state index in [-0.39, 0.29) is 31.4 Å². The molecule has 2 amide bonds. The lowest BCUT2D eigenvalue weighted by atomic mass is 9.91. The lowest BCUT2D eigenvalue weighted by Crippen LogP contribution is -2.48. The summed E-state index contributed by atoms with van der Waals surface area (Å²) in [5.41, 5.74) is 0.493. The van der Waals surface area contributed by atoms with Gasteiger partial charge in [0.15, 0.2) is 5.79 Å². The third-order valence-corrected chi connectivity index (χ3v) is 7.02. The Morgan fingerprint density at radius 3 is 2.48 bits per heavy atom. The summed E-state index contributed by atoms with van der Waals surface area (Å²) in [5, 5.41) is 22.5. The summed E-state index contributed by atoms with van der Waals surface area (Å²) in [6.45, 7) is 4.88. The van der Waals surface area contributed by atoms with E-state index in [1.807, 2.05) is 6.08 Å². The van der Waals surface area contributed by atoms with Crippen molar-refractivity contribution < 1.29 is 29.3 Å². The van der Waals surface area contributed by atoms with Gasteiger partial charge >= 0.3 is 0 Å². The van der Waals surface area contributed by atoms with E-state index in [0.717, 1.165) is 57.8 Å². The Morgan fingerprint density at radius 1 is 1.15 bits per heavy atom. The van der Waals surface area contributed by atoms with Crippen LogP contribution in [0.25, 0.3) is 0 Å². The Hall–Kier alpha value is -1.48. The van der Waals surface area contributed by atoms with Crippen molar-refractivity contribution in [2.24, 2.45) is 0 Å². The zero-order chi connectivity index (χ0) is 23.8. The first kappa shape index (κ1) is 26.1. The lowest BCUT2D eigenvalue weighted by Gasteiger charge is -2.30. The summed E-state index contributed by atoms with van der Waals surface area (Å²) >= 11 is 0. The molecule has 0 aromatic carbocycles. The summed E-state index contributed by atoms with van der Waals surface area (Å²) in [6, 6.07) is -0.539. The summed E-state index contributed by atoms with van der Waals surface area (Å²) in [4.78, 5) is 27.4. The molecule has 3 rings (SSSR count). The van der Waals surface area contributed by atoms with Gasteiger partial charge in [-0.2, -0.15) is 0 Å². The maximum absolute atomic E-state index is 13.3. The molecule has 1 aliphatic carbocycles. The van der Waals surface area contributed by atoms with Gasteiger partial charge in [-0.05, 0) is 31.8 Å². The van der Waals surface area contributed by atoms with Gasteiger partial charge in [0.2, 0.25) is 11.8 Å². The molecule has 2 saturated heterocycles. The highest BCUT2D eigenvalue weighted by molar-refractivity contribution is 5.97. The molecule has 0 aromatic rings. The number of carbonyl (C=O) groups is 2. The normalized spacial score (nSPS) is 28.5. The van der Waals surface area contributed by atoms with Crippen LogP contribution in [0.3, 0.4) is 0 Å². The highest BCUT2D eigenvalue weighted by Gasteiger charge is 2.51. The predicted octanol–water partition coefficient (Wildman–Crippen LogP) is 2.42. The molecule has 0 spiro atoms. The number of hydrogen-bond acceptors (Lipinski definition) is 6. The van der Waals surface area contributed by atoms with Gasteiger partial charge in [0, 0.05) is 37.9 Å². The minimum Gasteiger partial charge on any atom is -0.395 e. The summed E-state index contributed by atoms with van der Waals surface area (Å²) in [7, 11) is 0. The Kier molecular flexibility index (Phi) is 9.73. The third-order valence-electron chi connectivity index (χ3n) is 7.02. The van der Waals surface area contributed by atoms with Gasteiger partial charge < -0.3 is 29.9 Å². The van der Waals surface area contributed by atoms with E-state index < -0.39 is 30.1 Å². The molecule has 8 nitrogen and oxygen atoms in total. The number of aliphatic hydroxyl groups is 2. The van der Waals surface area contributed by atoms with Crippen molar-refractivity contribution in [3.05, 3.63) is 11.6 Å². The summed E-state index contributed by atoms with van der Waals surface area (Å²) in [5.74, 6) is -1.15. The molecule has 3 aliphatic rings. The number of rotatable bonds is 12. The Bertz CT molecular complexity index is 686. The van der Waals surface area contributed by atoms with Crippen LogP contribution < -0.4 is 5.32 Å². The number of carbonyl (C=O) groups excluding carboxylic acids is 2. The van der Waals surface area contributed by atoms with Crippen LogP contribution in [0.2, 0.25) is 0 Å². The van der Waals surface area contributed by atoms with E-state index >= 15 is 0 Å². The minimum atomic E-state index is -0.817. The first-order valence-corrected chi connectivity index (χ1v) is 12.9. The number of hydrogen-bond donors (Lipinski definition) is 3. The van der Waals surface area contributed by atoms with Crippen LogP contribution in [0.15, 0.2) is 11.6 Å². The van der Waals surface area contributed by atoms with Gasteiger partial charge in [0.05, 0.1) is 12.7 Å². The van der Waals surface area contributed by atoms with Crippen molar-refractivity contribution in [3.8, 4) is 0 Å². The van der Waals surface area contributed by atoms with Gasteiger partial charge in [-0.1, -0.05) is 39.5 Å². The molecule has 4 atom stereocenters. The minimum absolute atomic E-state index is 0.136. The van der Waals surface area contributed by atoms with Crippen LogP contribution in [0, 0.1) is 0 Å². The van der Waals surface area contributed by atoms with Gasteiger partial charge in [0.1, 0.15) is 18.2 Å². The third kappa shape index (κ3) is 6.35. The zero-order valence-electron chi connectivity index (χ0n) is 20.3. The van der Waals surface area contributed by atoms with Gasteiger partial charge in [-0.25, -0.2) is 0 Å². The topological polar surface area (TPSA) is 108 Å². The summed E-state index contributed by atoms with van der Waals surface area (Å²) in [6.07, 6.45) is 9.67. The lowest BCUT2D eigenvalue weighted by molar-refractivity contribution is -0.190. The molecular formula is C25H42N2O6. The number of ether oxygens (including phenoxy) is 2. The molecule has 0 saturated carbocycles. The van der Waals surface area contributed by atoms with Gasteiger partial charge in [-0.3, -0.25) is 9.59 Å². The molecule has 0 radical (unpaired) electrons. The maximum atomic E-state index is 13.3. The van der Waals surface area contributed by atoms with Crippen LogP contribution in [-0.4, -0.2) is 76.8 Å². The second kappa shape index (κ2) is 12.3. The molecule has 188 valence electrons. The molecule has 8 heteroatoms. The quantitative estimate of drug-likeness (QED) is 0.381. The predicted molar refractivity (Wildman–Crippen MR) is 124 cm³/mol. The number of nitrogens with zero attached hydrogens (tertiary/aromatic N) is 1. The van der Waals surface area contributed by atoms with Crippen LogP contribution in [-0.2, 0) is 19.1 Å². The summed E-state index contributed by atoms with van der Waals surface area (Å²) < 4.78 is 12.8. The van der Waals surface area contributed by atoms with E-state index in [1.54, 1.807) is 4.90 Å². The largest absolute Gasteiger partial charge is 0.395 e. The average molecular weight is 467 g/mol. The molecular weight excluding hydrogens is 424 g/mol. The van der Waals surface area contributed by atoms with Crippen molar-refractivity contribution in [2.45, 2.75) is 115 Å². The van der Waals surface area contributed by atoms with Crippen LogP contribution in [0.5, 0.6) is 0 Å². The first-order valence-electron chi connectivity index (χ1n) is 12.9. The standard InChI is InChI=1S/C25H42N2O6/c1-3-5-7-11-25(12-8-6-4-2)32-21-17-18(16-20(29)22(21)33-25)24(31)27-14-9-10-19(27)23(30)26-13-15-28/h17,19-22,28-29H,3-16H2,1-2H3,(H,26,30)/t19-,20-,21-,22+/m1/s1. The van der Waals surface area contributed by atoms with Crippen LogP contribution in [0.1, 0.15) is 84.5 Å². The van der Waals surface area contributed by atoms with Crippen molar-refractivity contribution >= 4 is 11.8 Å². The maximum Gasteiger partial charge on any atom is 0.250 e. The number of likely N-dealkylation sites (tertiary alicyclic amines) is 1. The SMILES string of the molecule is CCCCCC1(CCCCC)O[C@H]2[C@H](O)CC(C(=O)N3CCC[C@@H]3C(=O)NCCO)=C[C@H]2O1. The van der Waals surface area contributed by atoms with Crippen molar-refractivity contribution in [3.63, 3.8) is 0 Å². The highest BCUT2D eigenvalue weighted by Crippen LogP contribution is 2.42. The zero-order valence-corrected chi connectivity index (χ0v) is 20.3. The first-order chi connectivity index (χ1) is 15.9. The van der Waals surface area contributed by atoms with E-state index in [2.05, 4.69) is 19.2 Å². The molecule has 0 aromatic heterocycles. The Morgan fingerprint density at radius 2 is 1.85 bits per heavy atom. The van der Waals surface area contributed by atoms with E-state index in [4.69, 9.17) is 14.6 Å². The molecule has 0 unspecified atom stereocenters. The molecule has 3 N–H and O–H groups in total. The van der Waals surface area contributed by atoms with Gasteiger partial charge in [0.25, 0.3) is 0 Å². The van der Waals surface area contributed by atoms with Crippen LogP contribution >= 0.6 is 0 Å². The van der Waals surface area contributed by atoms with Crippen molar-refractivity contribution in [1.29, 1.82) is 0 Å². The number of amides is 2. The van der Waals surface area contributed by atoms with Crippen LogP contribution in [0.4, 0.5) is 0 Å². The molecule has 33 heavy (non-hydrogen) atoms. The average Bonchev–Trinajstić information content (AvgIpc) is 3.43. The monoisotopic (exact) mass is 466 g/mol. The molecule has 2 fully saturated rings. The Balaban J connectivity index is 1.72. The molecule has 2 heterocycles. The number of fused-ring (bicyclic) bond motifs is 1. The smallest absolute Gasteiger partial charge is 0.250 e. The number of unbranched alkanes of at least 4 members (excludes halogenated alkanes) is 4. The van der Waals surface area contributed by atoms with Gasteiger partial charge in [-0.15, -0.1) is 0 Å². The fourth-order valence-corrected chi connectivity index (χ4v) is 5.26. The second-order valence-corrected chi connectivity index (χ2v) is 9.62. The highest BCUT2D eigenvalue weighted by atomic mass is 16.8. The van der Waals surface area contributed by atoms with E-state index in [1.165, 1.54) is 0 Å². The second-order valence-electron chi connectivity index (χ2n) is 9.62. The van der Waals surface area contributed by atoms with E-state index in [0.29, 0.717) is 18.5 Å².